The second kappa shape index (κ2) is 7.23. The summed E-state index contributed by atoms with van der Waals surface area (Å²) in [5, 5.41) is 11.4. The number of primary amides is 1. The molecule has 0 radical (unpaired) electrons. The Morgan fingerprint density at radius 2 is 1.70 bits per heavy atom. The van der Waals surface area contributed by atoms with Gasteiger partial charge in [-0.1, -0.05) is 25.7 Å². The van der Waals surface area contributed by atoms with E-state index in [1.807, 2.05) is 0 Å². The highest BCUT2D eigenvalue weighted by molar-refractivity contribution is 5.90. The molecule has 1 unspecified atom stereocenters. The number of carbonyl (C=O) groups excluding carboxylic acids is 2. The molecule has 1 atom stereocenters. The molecule has 7 nitrogen and oxygen atoms in total. The van der Waals surface area contributed by atoms with E-state index in [9.17, 15) is 14.4 Å². The highest BCUT2D eigenvalue weighted by atomic mass is 16.4. The fourth-order valence-electron chi connectivity index (χ4n) is 2.64. The highest BCUT2D eigenvalue weighted by Crippen LogP contribution is 2.34. The van der Waals surface area contributed by atoms with Crippen molar-refractivity contribution in [1.82, 2.24) is 5.32 Å². The van der Waals surface area contributed by atoms with Crippen molar-refractivity contribution in [3.05, 3.63) is 0 Å². The monoisotopic (exact) mass is 285 g/mol. The van der Waals surface area contributed by atoms with Gasteiger partial charge in [-0.3, -0.25) is 9.59 Å². The quantitative estimate of drug-likeness (QED) is 0.498. The van der Waals surface area contributed by atoms with Gasteiger partial charge in [0.15, 0.2) is 0 Å². The lowest BCUT2D eigenvalue weighted by Gasteiger charge is -2.31. The summed E-state index contributed by atoms with van der Waals surface area (Å²) in [4.78, 5) is 34.3. The van der Waals surface area contributed by atoms with Gasteiger partial charge in [0, 0.05) is 6.54 Å². The average molecular weight is 285 g/mol. The Kier molecular flexibility index (Phi) is 5.94. The Labute approximate surface area is 118 Å². The van der Waals surface area contributed by atoms with Crippen LogP contribution in [0.5, 0.6) is 0 Å². The predicted octanol–water partition coefficient (Wildman–Crippen LogP) is -0.269. The minimum Gasteiger partial charge on any atom is -0.480 e. The zero-order chi connectivity index (χ0) is 15.2. The van der Waals surface area contributed by atoms with E-state index in [2.05, 4.69) is 5.32 Å². The molecule has 1 saturated carbocycles. The Hall–Kier alpha value is -1.63. The van der Waals surface area contributed by atoms with Crippen LogP contribution >= 0.6 is 0 Å². The first-order valence-corrected chi connectivity index (χ1v) is 6.93. The van der Waals surface area contributed by atoms with Gasteiger partial charge in [0.05, 0.1) is 11.8 Å². The maximum atomic E-state index is 12.4. The van der Waals surface area contributed by atoms with Crippen molar-refractivity contribution in [3.63, 3.8) is 0 Å². The van der Waals surface area contributed by atoms with E-state index in [1.165, 1.54) is 0 Å². The van der Waals surface area contributed by atoms with Gasteiger partial charge < -0.3 is 21.9 Å². The summed E-state index contributed by atoms with van der Waals surface area (Å²) in [7, 11) is 0. The molecule has 0 aromatic rings. The fourth-order valence-corrected chi connectivity index (χ4v) is 2.64. The molecule has 0 saturated heterocycles. The van der Waals surface area contributed by atoms with Crippen molar-refractivity contribution in [2.45, 2.75) is 51.0 Å². The van der Waals surface area contributed by atoms with Crippen LogP contribution < -0.4 is 16.8 Å². The zero-order valence-corrected chi connectivity index (χ0v) is 11.6. The second-order valence-corrected chi connectivity index (χ2v) is 5.43. The van der Waals surface area contributed by atoms with Crippen LogP contribution in [0, 0.1) is 5.41 Å². The van der Waals surface area contributed by atoms with Crippen LogP contribution in [0.15, 0.2) is 0 Å². The highest BCUT2D eigenvalue weighted by Gasteiger charge is 2.39. The van der Waals surface area contributed by atoms with Crippen LogP contribution in [-0.4, -0.2) is 35.5 Å². The lowest BCUT2D eigenvalue weighted by atomic mass is 9.79. The van der Waals surface area contributed by atoms with Gasteiger partial charge >= 0.3 is 5.97 Å². The number of hydrogen-bond donors (Lipinski definition) is 4. The minimum atomic E-state index is -1.29. The molecule has 0 heterocycles. The van der Waals surface area contributed by atoms with E-state index in [-0.39, 0.29) is 12.5 Å². The molecule has 0 aromatic heterocycles. The largest absolute Gasteiger partial charge is 0.480 e. The molecule has 1 aliphatic rings. The van der Waals surface area contributed by atoms with Crippen LogP contribution in [0.1, 0.15) is 44.9 Å². The number of carboxylic acid groups (broad SMARTS) is 1. The van der Waals surface area contributed by atoms with E-state index in [0.29, 0.717) is 12.8 Å². The Morgan fingerprint density at radius 3 is 2.10 bits per heavy atom. The molecule has 1 aliphatic carbocycles. The second-order valence-electron chi connectivity index (χ2n) is 5.43. The van der Waals surface area contributed by atoms with Gasteiger partial charge in [0.1, 0.15) is 6.04 Å². The Bertz CT molecular complexity index is 376. The Balaban J connectivity index is 2.78. The first kappa shape index (κ1) is 16.4. The molecule has 114 valence electrons. The molecular formula is C13H23N3O4. The summed E-state index contributed by atoms with van der Waals surface area (Å²) < 4.78 is 0. The fraction of sp³-hybridized carbons (Fsp3) is 0.769. The van der Waals surface area contributed by atoms with Gasteiger partial charge in [0.2, 0.25) is 11.8 Å². The smallest absolute Gasteiger partial charge is 0.326 e. The summed E-state index contributed by atoms with van der Waals surface area (Å²) in [5.74, 6) is -2.41. The number of hydrogen-bond acceptors (Lipinski definition) is 4. The number of nitrogens with one attached hydrogen (secondary N) is 1. The molecule has 0 aromatic carbocycles. The number of nitrogens with two attached hydrogens (primary N) is 2. The van der Waals surface area contributed by atoms with Crippen LogP contribution in [0.25, 0.3) is 0 Å². The minimum absolute atomic E-state index is 0.182. The van der Waals surface area contributed by atoms with Gasteiger partial charge in [-0.25, -0.2) is 4.79 Å². The van der Waals surface area contributed by atoms with Crippen molar-refractivity contribution in [2.24, 2.45) is 16.9 Å². The van der Waals surface area contributed by atoms with Crippen molar-refractivity contribution in [1.29, 1.82) is 0 Å². The van der Waals surface area contributed by atoms with E-state index in [4.69, 9.17) is 16.6 Å². The summed E-state index contributed by atoms with van der Waals surface area (Å²) in [5.41, 5.74) is 10.0. The zero-order valence-electron chi connectivity index (χ0n) is 11.6. The molecule has 0 bridgehead atoms. The topological polar surface area (TPSA) is 136 Å². The third-order valence-corrected chi connectivity index (χ3v) is 3.94. The van der Waals surface area contributed by atoms with Crippen molar-refractivity contribution < 1.29 is 19.5 Å². The molecule has 0 aliphatic heterocycles. The van der Waals surface area contributed by atoms with Crippen LogP contribution in [-0.2, 0) is 14.4 Å². The first-order valence-electron chi connectivity index (χ1n) is 6.93. The molecule has 2 amide bonds. The van der Waals surface area contributed by atoms with Crippen molar-refractivity contribution >= 4 is 17.8 Å². The molecule has 20 heavy (non-hydrogen) atoms. The van der Waals surface area contributed by atoms with E-state index in [0.717, 1.165) is 25.7 Å². The molecule has 1 fully saturated rings. The summed E-state index contributed by atoms with van der Waals surface area (Å²) in [6.07, 6.45) is 4.80. The average Bonchev–Trinajstić information content (AvgIpc) is 2.63. The summed E-state index contributed by atoms with van der Waals surface area (Å²) in [6, 6.07) is -1.29. The van der Waals surface area contributed by atoms with Crippen LogP contribution in [0.2, 0.25) is 0 Å². The summed E-state index contributed by atoms with van der Waals surface area (Å²) in [6.45, 7) is 0.182. The maximum absolute atomic E-state index is 12.4. The molecule has 1 rings (SSSR count). The van der Waals surface area contributed by atoms with Crippen LogP contribution in [0.3, 0.4) is 0 Å². The number of aliphatic carboxylic acids is 1. The van der Waals surface area contributed by atoms with Gasteiger partial charge in [0.25, 0.3) is 0 Å². The third-order valence-electron chi connectivity index (χ3n) is 3.94. The lowest BCUT2D eigenvalue weighted by molar-refractivity contribution is -0.145. The van der Waals surface area contributed by atoms with E-state index in [1.54, 1.807) is 0 Å². The molecule has 6 N–H and O–H groups in total. The number of rotatable bonds is 6. The Morgan fingerprint density at radius 1 is 1.15 bits per heavy atom. The predicted molar refractivity (Wildman–Crippen MR) is 72.6 cm³/mol. The normalized spacial score (nSPS) is 19.6. The van der Waals surface area contributed by atoms with E-state index >= 15 is 0 Å². The first-order chi connectivity index (χ1) is 9.41. The molecular weight excluding hydrogens is 262 g/mol. The van der Waals surface area contributed by atoms with Crippen molar-refractivity contribution in [2.75, 3.05) is 6.54 Å². The standard InChI is InChI=1S/C13H23N3O4/c14-8-13(5-3-1-2-4-6-13)12(20)16-9(11(18)19)7-10(15)17/h9H,1-8,14H2,(H2,15,17)(H,16,20)(H,18,19). The summed E-state index contributed by atoms with van der Waals surface area (Å²) >= 11 is 0. The van der Waals surface area contributed by atoms with Gasteiger partial charge in [-0.15, -0.1) is 0 Å². The number of amides is 2. The number of carboxylic acids is 1. The van der Waals surface area contributed by atoms with Gasteiger partial charge in [-0.2, -0.15) is 0 Å². The van der Waals surface area contributed by atoms with Crippen LogP contribution in [0.4, 0.5) is 0 Å². The number of carbonyl (C=O) groups is 3. The molecule has 7 heteroatoms. The molecule has 0 spiro atoms. The van der Waals surface area contributed by atoms with Crippen molar-refractivity contribution in [3.8, 4) is 0 Å². The van der Waals surface area contributed by atoms with E-state index < -0.39 is 29.8 Å². The SMILES string of the molecule is NCC1(C(=O)NC(CC(N)=O)C(=O)O)CCCCCC1. The lowest BCUT2D eigenvalue weighted by Crippen LogP contribution is -2.52. The maximum Gasteiger partial charge on any atom is 0.326 e. The third kappa shape index (κ3) is 4.19. The van der Waals surface area contributed by atoms with Gasteiger partial charge in [-0.05, 0) is 12.8 Å².